The van der Waals surface area contributed by atoms with E-state index in [-0.39, 0.29) is 0 Å². The number of nitrogens with one attached hydrogen (secondary N) is 1. The Morgan fingerprint density at radius 3 is 2.60 bits per heavy atom. The summed E-state index contributed by atoms with van der Waals surface area (Å²) in [6.45, 7) is 6.50. The topological polar surface area (TPSA) is 15.3 Å². The fourth-order valence-electron chi connectivity index (χ4n) is 3.10. The van der Waals surface area contributed by atoms with Gasteiger partial charge in [0.1, 0.15) is 0 Å². The van der Waals surface area contributed by atoms with Crippen LogP contribution in [0.15, 0.2) is 22.7 Å². The average Bonchev–Trinajstić information content (AvgIpc) is 2.46. The fourth-order valence-corrected chi connectivity index (χ4v) is 3.45. The summed E-state index contributed by atoms with van der Waals surface area (Å²) in [5.74, 6) is 0.906. The second kappa shape index (κ2) is 7.46. The molecule has 2 nitrogen and oxygen atoms in total. The number of benzene rings is 1. The highest BCUT2D eigenvalue weighted by Gasteiger charge is 2.23. The van der Waals surface area contributed by atoms with Crippen LogP contribution in [0.25, 0.3) is 0 Å². The second-order valence-electron chi connectivity index (χ2n) is 6.08. The lowest BCUT2D eigenvalue weighted by Crippen LogP contribution is -2.35. The number of anilines is 1. The van der Waals surface area contributed by atoms with Crippen molar-refractivity contribution in [2.75, 3.05) is 18.5 Å². The lowest BCUT2D eigenvalue weighted by Gasteiger charge is -2.36. The van der Waals surface area contributed by atoms with Gasteiger partial charge in [-0.3, -0.25) is 0 Å². The van der Waals surface area contributed by atoms with Gasteiger partial charge < -0.3 is 10.2 Å². The number of nitrogens with zero attached hydrogens (tertiary/aromatic N) is 1. The molecule has 0 aliphatic heterocycles. The highest BCUT2D eigenvalue weighted by molar-refractivity contribution is 9.10. The van der Waals surface area contributed by atoms with Crippen molar-refractivity contribution in [3.8, 4) is 0 Å². The maximum absolute atomic E-state index is 3.62. The first-order valence-electron chi connectivity index (χ1n) is 7.83. The summed E-state index contributed by atoms with van der Waals surface area (Å²) in [6, 6.07) is 7.35. The molecule has 1 aliphatic rings. The van der Waals surface area contributed by atoms with Crippen LogP contribution in [-0.4, -0.2) is 19.6 Å². The van der Waals surface area contributed by atoms with Crippen molar-refractivity contribution in [1.29, 1.82) is 0 Å². The van der Waals surface area contributed by atoms with Gasteiger partial charge in [-0.2, -0.15) is 0 Å². The van der Waals surface area contributed by atoms with Gasteiger partial charge in [0.05, 0.1) is 0 Å². The maximum atomic E-state index is 3.62. The van der Waals surface area contributed by atoms with Crippen molar-refractivity contribution < 1.29 is 0 Å². The van der Waals surface area contributed by atoms with E-state index in [1.54, 1.807) is 0 Å². The standard InChI is InChI=1S/C17H27BrN2/c1-4-19-12-14-7-8-15(18)11-17(14)20(3)16-9-5-13(2)6-10-16/h7-8,11,13,16,19H,4-6,9-10,12H2,1-3H3. The Labute approximate surface area is 132 Å². The minimum atomic E-state index is 0.695. The summed E-state index contributed by atoms with van der Waals surface area (Å²) in [6.07, 6.45) is 5.38. The Balaban J connectivity index is 2.14. The van der Waals surface area contributed by atoms with Gasteiger partial charge in [0.25, 0.3) is 0 Å². The molecule has 1 saturated carbocycles. The molecule has 3 heteroatoms. The molecule has 1 fully saturated rings. The Bertz CT molecular complexity index is 425. The van der Waals surface area contributed by atoms with E-state index in [4.69, 9.17) is 0 Å². The third-order valence-corrected chi connectivity index (χ3v) is 5.02. The van der Waals surface area contributed by atoms with Gasteiger partial charge in [0.2, 0.25) is 0 Å². The highest BCUT2D eigenvalue weighted by atomic mass is 79.9. The largest absolute Gasteiger partial charge is 0.371 e. The van der Waals surface area contributed by atoms with Crippen molar-refractivity contribution >= 4 is 21.6 Å². The molecule has 2 rings (SSSR count). The Kier molecular flexibility index (Phi) is 5.91. The van der Waals surface area contributed by atoms with Gasteiger partial charge in [-0.1, -0.05) is 35.8 Å². The molecule has 0 spiro atoms. The van der Waals surface area contributed by atoms with Gasteiger partial charge in [-0.15, -0.1) is 0 Å². The van der Waals surface area contributed by atoms with Crippen LogP contribution in [0.4, 0.5) is 5.69 Å². The van der Waals surface area contributed by atoms with Crippen LogP contribution in [0.5, 0.6) is 0 Å². The first kappa shape index (κ1) is 15.8. The van der Waals surface area contributed by atoms with E-state index >= 15 is 0 Å². The molecule has 0 atom stereocenters. The molecule has 0 aromatic heterocycles. The summed E-state index contributed by atoms with van der Waals surface area (Å²) in [5.41, 5.74) is 2.77. The van der Waals surface area contributed by atoms with E-state index in [9.17, 15) is 0 Å². The molecule has 0 unspecified atom stereocenters. The Morgan fingerprint density at radius 2 is 1.95 bits per heavy atom. The monoisotopic (exact) mass is 338 g/mol. The minimum absolute atomic E-state index is 0.695. The number of hydrogen-bond acceptors (Lipinski definition) is 2. The van der Waals surface area contributed by atoms with Crippen LogP contribution < -0.4 is 10.2 Å². The average molecular weight is 339 g/mol. The first-order valence-corrected chi connectivity index (χ1v) is 8.63. The van der Waals surface area contributed by atoms with Gasteiger partial charge in [-0.05, 0) is 55.8 Å². The van der Waals surface area contributed by atoms with E-state index in [1.165, 1.54) is 41.4 Å². The maximum Gasteiger partial charge on any atom is 0.0423 e. The van der Waals surface area contributed by atoms with E-state index in [1.807, 2.05) is 0 Å². The molecule has 1 aromatic carbocycles. The lowest BCUT2D eigenvalue weighted by atomic mass is 9.86. The van der Waals surface area contributed by atoms with E-state index in [0.29, 0.717) is 6.04 Å². The van der Waals surface area contributed by atoms with Crippen LogP contribution >= 0.6 is 15.9 Å². The normalized spacial score (nSPS) is 22.8. The zero-order valence-electron chi connectivity index (χ0n) is 13.0. The van der Waals surface area contributed by atoms with Crippen LogP contribution in [0.3, 0.4) is 0 Å². The molecule has 0 saturated heterocycles. The summed E-state index contributed by atoms with van der Waals surface area (Å²) in [7, 11) is 2.26. The second-order valence-corrected chi connectivity index (χ2v) is 6.99. The third-order valence-electron chi connectivity index (χ3n) is 4.53. The van der Waals surface area contributed by atoms with Crippen molar-refractivity contribution in [3.63, 3.8) is 0 Å². The molecule has 0 heterocycles. The summed E-state index contributed by atoms with van der Waals surface area (Å²) < 4.78 is 1.17. The molecule has 1 aromatic rings. The van der Waals surface area contributed by atoms with Crippen molar-refractivity contribution in [3.05, 3.63) is 28.2 Å². The van der Waals surface area contributed by atoms with Crippen molar-refractivity contribution in [2.45, 2.75) is 52.1 Å². The molecule has 1 N–H and O–H groups in total. The summed E-state index contributed by atoms with van der Waals surface area (Å²) in [5, 5.41) is 3.45. The zero-order chi connectivity index (χ0) is 14.5. The lowest BCUT2D eigenvalue weighted by molar-refractivity contribution is 0.340. The number of rotatable bonds is 5. The van der Waals surface area contributed by atoms with Crippen LogP contribution in [-0.2, 0) is 6.54 Å². The minimum Gasteiger partial charge on any atom is -0.371 e. The Morgan fingerprint density at radius 1 is 1.25 bits per heavy atom. The fraction of sp³-hybridized carbons (Fsp3) is 0.647. The predicted octanol–water partition coefficient (Wildman–Crippen LogP) is 4.57. The SMILES string of the molecule is CCNCc1ccc(Br)cc1N(C)C1CCC(C)CC1. The Hall–Kier alpha value is -0.540. The molecule has 0 amide bonds. The summed E-state index contributed by atoms with van der Waals surface area (Å²) in [4.78, 5) is 2.50. The third kappa shape index (κ3) is 3.98. The first-order chi connectivity index (χ1) is 9.61. The molecular formula is C17H27BrN2. The molecule has 112 valence electrons. The highest BCUT2D eigenvalue weighted by Crippen LogP contribution is 2.32. The van der Waals surface area contributed by atoms with Crippen LogP contribution in [0, 0.1) is 5.92 Å². The van der Waals surface area contributed by atoms with E-state index < -0.39 is 0 Å². The zero-order valence-corrected chi connectivity index (χ0v) is 14.5. The van der Waals surface area contributed by atoms with Crippen LogP contribution in [0.2, 0.25) is 0 Å². The predicted molar refractivity (Wildman–Crippen MR) is 91.3 cm³/mol. The van der Waals surface area contributed by atoms with Gasteiger partial charge in [0, 0.05) is 29.8 Å². The van der Waals surface area contributed by atoms with E-state index in [2.05, 4.69) is 65.2 Å². The van der Waals surface area contributed by atoms with E-state index in [0.717, 1.165) is 19.0 Å². The molecule has 0 radical (unpaired) electrons. The molecule has 20 heavy (non-hydrogen) atoms. The molecule has 0 bridgehead atoms. The molecular weight excluding hydrogens is 312 g/mol. The van der Waals surface area contributed by atoms with Gasteiger partial charge >= 0.3 is 0 Å². The van der Waals surface area contributed by atoms with Crippen molar-refractivity contribution in [1.82, 2.24) is 5.32 Å². The van der Waals surface area contributed by atoms with Crippen molar-refractivity contribution in [2.24, 2.45) is 5.92 Å². The van der Waals surface area contributed by atoms with Gasteiger partial charge in [0.15, 0.2) is 0 Å². The number of halogens is 1. The quantitative estimate of drug-likeness (QED) is 0.845. The number of hydrogen-bond donors (Lipinski definition) is 1. The van der Waals surface area contributed by atoms with Crippen LogP contribution in [0.1, 0.15) is 45.1 Å². The molecule has 1 aliphatic carbocycles. The smallest absolute Gasteiger partial charge is 0.0423 e. The summed E-state index contributed by atoms with van der Waals surface area (Å²) >= 11 is 3.62. The van der Waals surface area contributed by atoms with Gasteiger partial charge in [-0.25, -0.2) is 0 Å².